The van der Waals surface area contributed by atoms with Crippen LogP contribution in [-0.4, -0.2) is 52.8 Å². The van der Waals surface area contributed by atoms with Gasteiger partial charge in [-0.2, -0.15) is 0 Å². The molecule has 0 aliphatic heterocycles. The lowest BCUT2D eigenvalue weighted by Crippen LogP contribution is -2.59. The van der Waals surface area contributed by atoms with Crippen LogP contribution in [-0.2, 0) is 14.3 Å². The van der Waals surface area contributed by atoms with Crippen LogP contribution in [0, 0.1) is 17.8 Å². The van der Waals surface area contributed by atoms with Crippen LogP contribution in [0.15, 0.2) is 0 Å². The molecule has 0 aliphatic rings. The molecule has 0 aromatic heterocycles. The van der Waals surface area contributed by atoms with Crippen LogP contribution in [0.2, 0.25) is 0 Å². The number of unbranched alkanes of at least 4 members (excludes halogenated alkanes) is 1. The summed E-state index contributed by atoms with van der Waals surface area (Å²) in [5, 5.41) is 19.1. The number of rotatable bonds is 13. The van der Waals surface area contributed by atoms with E-state index in [4.69, 9.17) is 4.74 Å². The molecular formula is C25H49N3O5. The maximum atomic E-state index is 13.2. The summed E-state index contributed by atoms with van der Waals surface area (Å²) in [6, 6.07) is -2.05. The van der Waals surface area contributed by atoms with E-state index in [1.807, 2.05) is 41.5 Å². The second kappa shape index (κ2) is 14.4. The van der Waals surface area contributed by atoms with E-state index in [1.165, 1.54) is 0 Å². The van der Waals surface area contributed by atoms with Crippen LogP contribution in [0.5, 0.6) is 0 Å². The maximum absolute atomic E-state index is 13.2. The summed E-state index contributed by atoms with van der Waals surface area (Å²) in [6.45, 7) is 18.7. The summed E-state index contributed by atoms with van der Waals surface area (Å²) in [4.78, 5) is 38.5. The fraction of sp³-hybridized carbons (Fsp3) is 0.880. The van der Waals surface area contributed by atoms with E-state index in [1.54, 1.807) is 20.8 Å². The zero-order valence-electron chi connectivity index (χ0n) is 22.5. The molecule has 8 heteroatoms. The molecule has 0 aliphatic carbocycles. The molecule has 5 atom stereocenters. The van der Waals surface area contributed by atoms with Crippen LogP contribution >= 0.6 is 0 Å². The molecule has 0 aromatic carbocycles. The fourth-order valence-corrected chi connectivity index (χ4v) is 3.47. The first-order valence-corrected chi connectivity index (χ1v) is 12.4. The standard InChI is InChI=1S/C25H49N3O5/c1-11-13-14-18(29)21(17(7)12-2)27-22(30)19(15(3)4)26-23(31)20(16(5)6)28-24(32)33-25(8,9)10/h15-21,29H,11-14H2,1-10H3,(H,26,31)(H,27,30)(H,28,32)/t17?,18?,19-,20-,21-/m0/s1. The molecule has 0 spiro atoms. The highest BCUT2D eigenvalue weighted by molar-refractivity contribution is 5.91. The van der Waals surface area contributed by atoms with Gasteiger partial charge < -0.3 is 25.8 Å². The number of nitrogens with one attached hydrogen (secondary N) is 3. The lowest BCUT2D eigenvalue weighted by atomic mass is 9.90. The van der Waals surface area contributed by atoms with Gasteiger partial charge in [0.25, 0.3) is 0 Å². The molecule has 0 heterocycles. The van der Waals surface area contributed by atoms with Crippen LogP contribution < -0.4 is 16.0 Å². The van der Waals surface area contributed by atoms with Crippen molar-refractivity contribution in [2.45, 2.75) is 125 Å². The first-order chi connectivity index (χ1) is 15.1. The summed E-state index contributed by atoms with van der Waals surface area (Å²) < 4.78 is 5.28. The first-order valence-electron chi connectivity index (χ1n) is 12.4. The highest BCUT2D eigenvalue weighted by Crippen LogP contribution is 2.17. The predicted octanol–water partition coefficient (Wildman–Crippen LogP) is 3.76. The molecule has 0 fully saturated rings. The molecule has 2 unspecified atom stereocenters. The van der Waals surface area contributed by atoms with Crippen LogP contribution in [0.25, 0.3) is 0 Å². The summed E-state index contributed by atoms with van der Waals surface area (Å²) in [7, 11) is 0. The van der Waals surface area contributed by atoms with Crippen molar-refractivity contribution in [3.05, 3.63) is 0 Å². The van der Waals surface area contributed by atoms with Gasteiger partial charge in [0.15, 0.2) is 0 Å². The highest BCUT2D eigenvalue weighted by atomic mass is 16.6. The van der Waals surface area contributed by atoms with Gasteiger partial charge in [0.2, 0.25) is 11.8 Å². The monoisotopic (exact) mass is 471 g/mol. The van der Waals surface area contributed by atoms with Crippen molar-refractivity contribution in [2.24, 2.45) is 17.8 Å². The molecule has 8 nitrogen and oxygen atoms in total. The minimum absolute atomic E-state index is 0.0848. The van der Waals surface area contributed by atoms with Gasteiger partial charge in [0, 0.05) is 0 Å². The molecule has 194 valence electrons. The Labute approximate surface area is 201 Å². The fourth-order valence-electron chi connectivity index (χ4n) is 3.47. The van der Waals surface area contributed by atoms with E-state index in [0.29, 0.717) is 6.42 Å². The number of hydrogen-bond donors (Lipinski definition) is 4. The van der Waals surface area contributed by atoms with E-state index in [9.17, 15) is 19.5 Å². The van der Waals surface area contributed by atoms with Crippen molar-refractivity contribution in [1.29, 1.82) is 0 Å². The van der Waals surface area contributed by atoms with Crippen LogP contribution in [0.4, 0.5) is 4.79 Å². The Morgan fingerprint density at radius 1 is 0.848 bits per heavy atom. The Morgan fingerprint density at radius 2 is 1.33 bits per heavy atom. The molecule has 0 saturated carbocycles. The largest absolute Gasteiger partial charge is 0.444 e. The van der Waals surface area contributed by atoms with Crippen molar-refractivity contribution >= 4 is 17.9 Å². The molecule has 0 radical (unpaired) electrons. The van der Waals surface area contributed by atoms with Gasteiger partial charge in [-0.15, -0.1) is 0 Å². The lowest BCUT2D eigenvalue weighted by molar-refractivity contribution is -0.132. The van der Waals surface area contributed by atoms with Gasteiger partial charge >= 0.3 is 6.09 Å². The average Bonchev–Trinajstić information content (AvgIpc) is 2.69. The van der Waals surface area contributed by atoms with E-state index in [2.05, 4.69) is 22.9 Å². The lowest BCUT2D eigenvalue weighted by Gasteiger charge is -2.32. The Morgan fingerprint density at radius 3 is 1.76 bits per heavy atom. The molecule has 0 bridgehead atoms. The van der Waals surface area contributed by atoms with Gasteiger partial charge in [-0.1, -0.05) is 67.7 Å². The molecule has 3 amide bonds. The number of hydrogen-bond acceptors (Lipinski definition) is 5. The van der Waals surface area contributed by atoms with Crippen molar-refractivity contribution in [3.8, 4) is 0 Å². The SMILES string of the molecule is CCCCC(O)[C@@H](NC(=O)[C@@H](NC(=O)[C@@H](NC(=O)OC(C)(C)C)C(C)C)C(C)C)C(C)CC. The average molecular weight is 472 g/mol. The number of aliphatic hydroxyl groups is 1. The number of carbonyl (C=O) groups is 3. The van der Waals surface area contributed by atoms with Crippen LogP contribution in [0.3, 0.4) is 0 Å². The number of alkyl carbamates (subject to hydrolysis) is 1. The smallest absolute Gasteiger partial charge is 0.408 e. The van der Waals surface area contributed by atoms with Gasteiger partial charge in [-0.25, -0.2) is 4.79 Å². The van der Waals surface area contributed by atoms with Gasteiger partial charge in [0.1, 0.15) is 17.7 Å². The zero-order valence-corrected chi connectivity index (χ0v) is 22.5. The van der Waals surface area contributed by atoms with Crippen molar-refractivity contribution in [3.63, 3.8) is 0 Å². The Balaban J connectivity index is 5.45. The number of carbonyl (C=O) groups excluding carboxylic acids is 3. The Kier molecular flexibility index (Phi) is 13.6. The van der Waals surface area contributed by atoms with E-state index in [0.717, 1.165) is 19.3 Å². The summed E-state index contributed by atoms with van der Waals surface area (Å²) in [6.07, 6.45) is 1.93. The molecule has 0 aromatic rings. The molecule has 0 rings (SSSR count). The van der Waals surface area contributed by atoms with Crippen molar-refractivity contribution in [1.82, 2.24) is 16.0 Å². The topological polar surface area (TPSA) is 117 Å². The second-order valence-electron chi connectivity index (χ2n) is 10.7. The zero-order chi connectivity index (χ0) is 25.9. The predicted molar refractivity (Wildman–Crippen MR) is 132 cm³/mol. The number of ether oxygens (including phenoxy) is 1. The van der Waals surface area contributed by atoms with Gasteiger partial charge in [-0.3, -0.25) is 9.59 Å². The summed E-state index contributed by atoms with van der Waals surface area (Å²) in [5.41, 5.74) is -0.688. The summed E-state index contributed by atoms with van der Waals surface area (Å²) >= 11 is 0. The van der Waals surface area contributed by atoms with E-state index < -0.39 is 41.8 Å². The number of amides is 3. The third kappa shape index (κ3) is 11.7. The third-order valence-corrected chi connectivity index (χ3v) is 5.70. The van der Waals surface area contributed by atoms with Crippen molar-refractivity contribution in [2.75, 3.05) is 0 Å². The molecular weight excluding hydrogens is 422 g/mol. The van der Waals surface area contributed by atoms with E-state index >= 15 is 0 Å². The third-order valence-electron chi connectivity index (χ3n) is 5.70. The number of aliphatic hydroxyl groups excluding tert-OH is 1. The minimum atomic E-state index is -0.852. The quantitative estimate of drug-likeness (QED) is 0.326. The van der Waals surface area contributed by atoms with Gasteiger partial charge in [0.05, 0.1) is 12.1 Å². The second-order valence-corrected chi connectivity index (χ2v) is 10.7. The van der Waals surface area contributed by atoms with Gasteiger partial charge in [-0.05, 0) is 44.9 Å². The Bertz CT molecular complexity index is 616. The summed E-state index contributed by atoms with van der Waals surface area (Å²) in [5.74, 6) is -1.09. The Hall–Kier alpha value is -1.83. The first kappa shape index (κ1) is 31.2. The minimum Gasteiger partial charge on any atom is -0.444 e. The van der Waals surface area contributed by atoms with Crippen LogP contribution in [0.1, 0.15) is 94.9 Å². The van der Waals surface area contributed by atoms with Crippen molar-refractivity contribution < 1.29 is 24.2 Å². The maximum Gasteiger partial charge on any atom is 0.408 e. The van der Waals surface area contributed by atoms with E-state index in [-0.39, 0.29) is 23.7 Å². The molecule has 0 saturated heterocycles. The molecule has 4 N–H and O–H groups in total. The normalized spacial score (nSPS) is 16.5. The molecule has 33 heavy (non-hydrogen) atoms. The highest BCUT2D eigenvalue weighted by Gasteiger charge is 2.34.